The van der Waals surface area contributed by atoms with Crippen molar-refractivity contribution in [3.05, 3.63) is 18.2 Å². The van der Waals surface area contributed by atoms with Gasteiger partial charge in [-0.2, -0.15) is 0 Å². The van der Waals surface area contributed by atoms with Gasteiger partial charge in [0.2, 0.25) is 0 Å². The summed E-state index contributed by atoms with van der Waals surface area (Å²) >= 11 is 0. The number of imidazole rings is 1. The summed E-state index contributed by atoms with van der Waals surface area (Å²) in [6.45, 7) is 0. The third-order valence-corrected chi connectivity index (χ3v) is 3.32. The van der Waals surface area contributed by atoms with Gasteiger partial charge in [0.25, 0.3) is 0 Å². The summed E-state index contributed by atoms with van der Waals surface area (Å²) in [5, 5.41) is 0. The molecule has 0 radical (unpaired) electrons. The van der Waals surface area contributed by atoms with Gasteiger partial charge in [0.05, 0.1) is 18.1 Å². The van der Waals surface area contributed by atoms with E-state index in [2.05, 4.69) is 10.4 Å². The van der Waals surface area contributed by atoms with Crippen LogP contribution in [-0.4, -0.2) is 30.0 Å². The third kappa shape index (κ3) is 4.30. The maximum Gasteiger partial charge on any atom is 0.147 e. The van der Waals surface area contributed by atoms with Crippen molar-refractivity contribution in [1.29, 1.82) is 0 Å². The fraction of sp³-hybridized carbons (Fsp3) is 0.667. The van der Waals surface area contributed by atoms with Crippen molar-refractivity contribution in [3.63, 3.8) is 0 Å². The zero-order chi connectivity index (χ0) is 12.2. The lowest BCUT2D eigenvalue weighted by Crippen LogP contribution is -2.28. The molecule has 7 heteroatoms. The molecule has 0 aromatic carbocycles. The molecule has 1 rings (SSSR count). The fourth-order valence-corrected chi connectivity index (χ4v) is 2.17. The highest BCUT2D eigenvalue weighted by atomic mass is 32.2. The van der Waals surface area contributed by atoms with Crippen LogP contribution in [0.5, 0.6) is 0 Å². The maximum atomic E-state index is 11.0. The SMILES string of the molecule is Cn1cnc(C(CCCS(C)(=O)=O)NN)c1. The molecule has 1 heterocycles. The van der Waals surface area contributed by atoms with E-state index in [1.54, 1.807) is 6.33 Å². The Morgan fingerprint density at radius 1 is 1.62 bits per heavy atom. The molecule has 1 aromatic rings. The van der Waals surface area contributed by atoms with Crippen LogP contribution >= 0.6 is 0 Å². The molecule has 1 atom stereocenters. The van der Waals surface area contributed by atoms with Crippen molar-refractivity contribution in [1.82, 2.24) is 15.0 Å². The monoisotopic (exact) mass is 246 g/mol. The van der Waals surface area contributed by atoms with Crippen LogP contribution in [0.2, 0.25) is 0 Å². The first-order valence-electron chi connectivity index (χ1n) is 5.04. The highest BCUT2D eigenvalue weighted by Crippen LogP contribution is 2.15. The molecule has 0 saturated carbocycles. The molecule has 0 aliphatic rings. The predicted molar refractivity (Wildman–Crippen MR) is 62.2 cm³/mol. The Hall–Kier alpha value is -0.920. The first-order chi connectivity index (χ1) is 7.42. The Balaban J connectivity index is 2.50. The van der Waals surface area contributed by atoms with Gasteiger partial charge in [0.15, 0.2) is 0 Å². The number of hydrazine groups is 1. The highest BCUT2D eigenvalue weighted by Gasteiger charge is 2.13. The van der Waals surface area contributed by atoms with Crippen molar-refractivity contribution in [3.8, 4) is 0 Å². The molecule has 0 amide bonds. The van der Waals surface area contributed by atoms with Gasteiger partial charge in [0, 0.05) is 25.3 Å². The Bertz CT molecular complexity index is 426. The summed E-state index contributed by atoms with van der Waals surface area (Å²) in [5.41, 5.74) is 3.48. The Morgan fingerprint density at radius 3 is 2.75 bits per heavy atom. The van der Waals surface area contributed by atoms with E-state index in [0.29, 0.717) is 12.8 Å². The van der Waals surface area contributed by atoms with Gasteiger partial charge in [0.1, 0.15) is 9.84 Å². The minimum absolute atomic E-state index is 0.0945. The van der Waals surface area contributed by atoms with Crippen LogP contribution in [0.3, 0.4) is 0 Å². The van der Waals surface area contributed by atoms with Crippen LogP contribution in [0.25, 0.3) is 0 Å². The predicted octanol–water partition coefficient (Wildman–Crippen LogP) is -0.251. The number of nitrogens with one attached hydrogen (secondary N) is 1. The second kappa shape index (κ2) is 5.42. The van der Waals surface area contributed by atoms with Crippen molar-refractivity contribution in [2.75, 3.05) is 12.0 Å². The molecule has 0 spiro atoms. The normalized spacial score (nSPS) is 13.9. The summed E-state index contributed by atoms with van der Waals surface area (Å²) in [7, 11) is -1.02. The fourth-order valence-electron chi connectivity index (χ4n) is 1.48. The van der Waals surface area contributed by atoms with Gasteiger partial charge < -0.3 is 4.57 Å². The summed E-state index contributed by atoms with van der Waals surface area (Å²) < 4.78 is 23.8. The van der Waals surface area contributed by atoms with Crippen LogP contribution in [0.15, 0.2) is 12.5 Å². The minimum atomic E-state index is -2.90. The van der Waals surface area contributed by atoms with Gasteiger partial charge in [-0.05, 0) is 12.8 Å². The average molecular weight is 246 g/mol. The zero-order valence-electron chi connectivity index (χ0n) is 9.55. The van der Waals surface area contributed by atoms with Crippen LogP contribution in [0.4, 0.5) is 0 Å². The largest absolute Gasteiger partial charge is 0.340 e. The number of sulfone groups is 1. The van der Waals surface area contributed by atoms with Crippen LogP contribution in [0, 0.1) is 0 Å². The van der Waals surface area contributed by atoms with Crippen LogP contribution in [-0.2, 0) is 16.9 Å². The molecule has 92 valence electrons. The molecular weight excluding hydrogens is 228 g/mol. The molecule has 1 unspecified atom stereocenters. The van der Waals surface area contributed by atoms with Crippen molar-refractivity contribution in [2.45, 2.75) is 18.9 Å². The van der Waals surface area contributed by atoms with Crippen LogP contribution < -0.4 is 11.3 Å². The molecule has 6 nitrogen and oxygen atoms in total. The number of nitrogens with zero attached hydrogens (tertiary/aromatic N) is 2. The van der Waals surface area contributed by atoms with E-state index in [0.717, 1.165) is 5.69 Å². The summed E-state index contributed by atoms with van der Waals surface area (Å²) in [5.74, 6) is 5.59. The summed E-state index contributed by atoms with van der Waals surface area (Å²) in [4.78, 5) is 4.17. The average Bonchev–Trinajstić information content (AvgIpc) is 2.58. The van der Waals surface area contributed by atoms with Crippen molar-refractivity contribution < 1.29 is 8.42 Å². The Kier molecular flexibility index (Phi) is 4.45. The van der Waals surface area contributed by atoms with E-state index in [-0.39, 0.29) is 11.8 Å². The molecule has 16 heavy (non-hydrogen) atoms. The topological polar surface area (TPSA) is 90.0 Å². The van der Waals surface area contributed by atoms with Gasteiger partial charge >= 0.3 is 0 Å². The number of hydrogen-bond acceptors (Lipinski definition) is 5. The molecular formula is C9H18N4O2S. The number of hydrogen-bond donors (Lipinski definition) is 2. The van der Waals surface area contributed by atoms with Gasteiger partial charge in [-0.25, -0.2) is 13.4 Å². The van der Waals surface area contributed by atoms with E-state index in [9.17, 15) is 8.42 Å². The lowest BCUT2D eigenvalue weighted by atomic mass is 10.1. The molecule has 0 fully saturated rings. The maximum absolute atomic E-state index is 11.0. The Morgan fingerprint density at radius 2 is 2.31 bits per heavy atom. The first-order valence-corrected chi connectivity index (χ1v) is 7.10. The number of aromatic nitrogens is 2. The molecule has 0 bridgehead atoms. The lowest BCUT2D eigenvalue weighted by Gasteiger charge is -2.12. The second-order valence-electron chi connectivity index (χ2n) is 3.96. The minimum Gasteiger partial charge on any atom is -0.340 e. The van der Waals surface area contributed by atoms with Gasteiger partial charge in [-0.3, -0.25) is 11.3 Å². The van der Waals surface area contributed by atoms with Crippen LogP contribution in [0.1, 0.15) is 24.6 Å². The van der Waals surface area contributed by atoms with Gasteiger partial charge in [-0.1, -0.05) is 0 Å². The Labute approximate surface area is 95.7 Å². The van der Waals surface area contributed by atoms with E-state index in [1.807, 2.05) is 17.8 Å². The summed E-state index contributed by atoms with van der Waals surface area (Å²) in [6, 6.07) is -0.0945. The number of nitrogens with two attached hydrogens (primary N) is 1. The summed E-state index contributed by atoms with van der Waals surface area (Å²) in [6.07, 6.45) is 6.02. The van der Waals surface area contributed by atoms with Crippen molar-refractivity contribution in [2.24, 2.45) is 12.9 Å². The quantitative estimate of drug-likeness (QED) is 0.533. The van der Waals surface area contributed by atoms with E-state index < -0.39 is 9.84 Å². The smallest absolute Gasteiger partial charge is 0.147 e. The second-order valence-corrected chi connectivity index (χ2v) is 6.22. The highest BCUT2D eigenvalue weighted by molar-refractivity contribution is 7.90. The van der Waals surface area contributed by atoms with Crippen molar-refractivity contribution >= 4 is 9.84 Å². The first kappa shape index (κ1) is 13.1. The van der Waals surface area contributed by atoms with Gasteiger partial charge in [-0.15, -0.1) is 0 Å². The molecule has 0 saturated heterocycles. The standard InChI is InChI=1S/C9H18N4O2S/c1-13-6-9(11-7-13)8(12-10)4-3-5-16(2,14)15/h6-8,12H,3-5,10H2,1-2H3. The third-order valence-electron chi connectivity index (χ3n) is 2.29. The zero-order valence-corrected chi connectivity index (χ0v) is 10.4. The number of rotatable bonds is 6. The molecule has 0 aliphatic carbocycles. The van der Waals surface area contributed by atoms with E-state index in [1.165, 1.54) is 6.26 Å². The molecule has 3 N–H and O–H groups in total. The molecule has 0 aliphatic heterocycles. The number of aryl methyl sites for hydroxylation is 1. The van der Waals surface area contributed by atoms with E-state index in [4.69, 9.17) is 5.84 Å². The van der Waals surface area contributed by atoms with E-state index >= 15 is 0 Å². The molecule has 1 aromatic heterocycles. The lowest BCUT2D eigenvalue weighted by molar-refractivity contribution is 0.498.